The minimum atomic E-state index is -3.09. The van der Waals surface area contributed by atoms with Gasteiger partial charge in [-0.2, -0.15) is 0 Å². The standard InChI is InChI=1S/C21H33N3O3S/c1-4-17-5-7-18(8-6-17)22-21(25)23-11-9-19-20(10-12-23)28(26,27)14-13-24(19)15-16(2)3/h5-8,16,19-20H,4,9-15H2,1-3H3,(H,22,25)/t19-,20+/m0/s1. The maximum Gasteiger partial charge on any atom is 0.321 e. The smallest absolute Gasteiger partial charge is 0.321 e. The Labute approximate surface area is 169 Å². The fourth-order valence-corrected chi connectivity index (χ4v) is 6.43. The van der Waals surface area contributed by atoms with Crippen molar-refractivity contribution in [3.05, 3.63) is 29.8 Å². The van der Waals surface area contributed by atoms with Gasteiger partial charge in [-0.15, -0.1) is 0 Å². The second-order valence-corrected chi connectivity index (χ2v) is 10.7. The van der Waals surface area contributed by atoms with E-state index in [0.29, 0.717) is 38.4 Å². The lowest BCUT2D eigenvalue weighted by molar-refractivity contribution is 0.161. The van der Waals surface area contributed by atoms with Gasteiger partial charge in [0, 0.05) is 37.9 Å². The lowest BCUT2D eigenvalue weighted by Gasteiger charge is -2.40. The topological polar surface area (TPSA) is 69.7 Å². The molecule has 2 saturated heterocycles. The van der Waals surface area contributed by atoms with Crippen molar-refractivity contribution in [1.29, 1.82) is 0 Å². The van der Waals surface area contributed by atoms with Crippen LogP contribution in [0.5, 0.6) is 0 Å². The maximum atomic E-state index is 12.8. The Kier molecular flexibility index (Phi) is 6.65. The van der Waals surface area contributed by atoms with Gasteiger partial charge in [0.1, 0.15) is 0 Å². The molecule has 0 aliphatic carbocycles. The van der Waals surface area contributed by atoms with Crippen molar-refractivity contribution < 1.29 is 13.2 Å². The first-order chi connectivity index (χ1) is 13.3. The molecule has 1 aromatic carbocycles. The molecule has 2 atom stereocenters. The highest BCUT2D eigenvalue weighted by Crippen LogP contribution is 2.29. The predicted molar refractivity (Wildman–Crippen MR) is 113 cm³/mol. The van der Waals surface area contributed by atoms with Crippen molar-refractivity contribution in [2.75, 3.05) is 37.2 Å². The average Bonchev–Trinajstić information content (AvgIpc) is 2.89. The van der Waals surface area contributed by atoms with E-state index in [0.717, 1.165) is 18.7 Å². The van der Waals surface area contributed by atoms with Crippen molar-refractivity contribution in [2.45, 2.75) is 51.3 Å². The van der Waals surface area contributed by atoms with E-state index < -0.39 is 9.84 Å². The zero-order chi connectivity index (χ0) is 20.3. The Morgan fingerprint density at radius 2 is 1.82 bits per heavy atom. The van der Waals surface area contributed by atoms with Gasteiger partial charge in [-0.05, 0) is 42.9 Å². The van der Waals surface area contributed by atoms with E-state index in [4.69, 9.17) is 0 Å². The van der Waals surface area contributed by atoms with E-state index >= 15 is 0 Å². The van der Waals surface area contributed by atoms with Crippen LogP contribution in [0.4, 0.5) is 10.5 Å². The van der Waals surface area contributed by atoms with Crippen LogP contribution in [0.25, 0.3) is 0 Å². The number of anilines is 1. The van der Waals surface area contributed by atoms with Gasteiger partial charge >= 0.3 is 6.03 Å². The number of sulfone groups is 1. The number of likely N-dealkylation sites (tertiary alicyclic amines) is 1. The van der Waals surface area contributed by atoms with Gasteiger partial charge in [-0.1, -0.05) is 32.9 Å². The highest BCUT2D eigenvalue weighted by atomic mass is 32.2. The van der Waals surface area contributed by atoms with Gasteiger partial charge in [0.15, 0.2) is 9.84 Å². The van der Waals surface area contributed by atoms with Crippen LogP contribution in [-0.2, 0) is 16.3 Å². The third-order valence-corrected chi connectivity index (χ3v) is 8.13. The molecule has 1 aromatic rings. The number of nitrogens with one attached hydrogen (secondary N) is 1. The molecule has 28 heavy (non-hydrogen) atoms. The van der Waals surface area contributed by atoms with Crippen LogP contribution in [0.2, 0.25) is 0 Å². The van der Waals surface area contributed by atoms with Gasteiger partial charge in [0.05, 0.1) is 11.0 Å². The number of fused-ring (bicyclic) bond motifs is 1. The number of hydrogen-bond acceptors (Lipinski definition) is 4. The third-order valence-electron chi connectivity index (χ3n) is 5.90. The lowest BCUT2D eigenvalue weighted by atomic mass is 10.0. The van der Waals surface area contributed by atoms with Gasteiger partial charge < -0.3 is 10.2 Å². The summed E-state index contributed by atoms with van der Waals surface area (Å²) in [6.07, 6.45) is 2.19. The predicted octanol–water partition coefficient (Wildman–Crippen LogP) is 3.00. The number of carbonyl (C=O) groups is 1. The minimum absolute atomic E-state index is 0.0165. The molecule has 0 saturated carbocycles. The van der Waals surface area contributed by atoms with E-state index in [1.807, 2.05) is 24.3 Å². The molecule has 0 radical (unpaired) electrons. The molecule has 0 aromatic heterocycles. The number of nitrogens with zero attached hydrogens (tertiary/aromatic N) is 2. The average molecular weight is 408 g/mol. The summed E-state index contributed by atoms with van der Waals surface area (Å²) in [5.41, 5.74) is 2.00. The Balaban J connectivity index is 1.68. The second kappa shape index (κ2) is 8.82. The summed E-state index contributed by atoms with van der Waals surface area (Å²) in [6.45, 7) is 9.01. The first kappa shape index (κ1) is 21.1. The Morgan fingerprint density at radius 3 is 2.46 bits per heavy atom. The molecule has 0 spiro atoms. The molecule has 2 fully saturated rings. The van der Waals surface area contributed by atoms with Crippen LogP contribution in [-0.4, -0.2) is 67.5 Å². The van der Waals surface area contributed by atoms with Crippen molar-refractivity contribution in [3.63, 3.8) is 0 Å². The first-order valence-electron chi connectivity index (χ1n) is 10.4. The quantitative estimate of drug-likeness (QED) is 0.833. The third kappa shape index (κ3) is 4.87. The highest BCUT2D eigenvalue weighted by Gasteiger charge is 2.43. The summed E-state index contributed by atoms with van der Waals surface area (Å²) < 4.78 is 25.4. The molecular formula is C21H33N3O3S. The number of amides is 2. The number of aryl methyl sites for hydroxylation is 1. The number of benzene rings is 1. The molecule has 2 aliphatic rings. The SMILES string of the molecule is CCc1ccc(NC(=O)N2CC[C@@H]3[C@H](CC2)N(CC(C)C)CCS3(=O)=O)cc1. The van der Waals surface area contributed by atoms with Crippen molar-refractivity contribution in [2.24, 2.45) is 5.92 Å². The van der Waals surface area contributed by atoms with E-state index in [1.54, 1.807) is 4.90 Å². The van der Waals surface area contributed by atoms with Crippen LogP contribution >= 0.6 is 0 Å². The van der Waals surface area contributed by atoms with E-state index in [9.17, 15) is 13.2 Å². The first-order valence-corrected chi connectivity index (χ1v) is 12.1. The fraction of sp³-hybridized carbons (Fsp3) is 0.667. The normalized spacial score (nSPS) is 25.2. The Morgan fingerprint density at radius 1 is 1.14 bits per heavy atom. The van der Waals surface area contributed by atoms with E-state index in [1.165, 1.54) is 5.56 Å². The second-order valence-electron chi connectivity index (χ2n) is 8.41. The number of urea groups is 1. The van der Waals surface area contributed by atoms with Crippen molar-refractivity contribution in [3.8, 4) is 0 Å². The molecule has 0 unspecified atom stereocenters. The Hall–Kier alpha value is -1.60. The van der Waals surface area contributed by atoms with Crippen LogP contribution in [0, 0.1) is 5.92 Å². The molecule has 0 bridgehead atoms. The number of hydrogen-bond donors (Lipinski definition) is 1. The van der Waals surface area contributed by atoms with Crippen LogP contribution in [0.15, 0.2) is 24.3 Å². The molecule has 2 aliphatic heterocycles. The van der Waals surface area contributed by atoms with Gasteiger partial charge in [-0.25, -0.2) is 13.2 Å². The number of rotatable bonds is 4. The highest BCUT2D eigenvalue weighted by molar-refractivity contribution is 7.92. The monoisotopic (exact) mass is 407 g/mol. The maximum absolute atomic E-state index is 12.8. The largest absolute Gasteiger partial charge is 0.324 e. The van der Waals surface area contributed by atoms with Crippen LogP contribution in [0.1, 0.15) is 39.2 Å². The van der Waals surface area contributed by atoms with Crippen molar-refractivity contribution >= 4 is 21.6 Å². The minimum Gasteiger partial charge on any atom is -0.324 e. The summed E-state index contributed by atoms with van der Waals surface area (Å²) in [5, 5.41) is 2.60. The molecule has 6 nitrogen and oxygen atoms in total. The molecule has 1 N–H and O–H groups in total. The van der Waals surface area contributed by atoms with E-state index in [2.05, 4.69) is 31.0 Å². The summed E-state index contributed by atoms with van der Waals surface area (Å²) >= 11 is 0. The van der Waals surface area contributed by atoms with Crippen LogP contribution < -0.4 is 5.32 Å². The molecule has 2 heterocycles. The van der Waals surface area contributed by atoms with Gasteiger partial charge in [0.25, 0.3) is 0 Å². The molecule has 3 rings (SSSR count). The fourth-order valence-electron chi connectivity index (χ4n) is 4.38. The zero-order valence-electron chi connectivity index (χ0n) is 17.2. The summed E-state index contributed by atoms with van der Waals surface area (Å²) in [7, 11) is -3.09. The van der Waals surface area contributed by atoms with Gasteiger partial charge in [-0.3, -0.25) is 4.90 Å². The molecule has 156 valence electrons. The molecular weight excluding hydrogens is 374 g/mol. The van der Waals surface area contributed by atoms with E-state index in [-0.39, 0.29) is 23.1 Å². The summed E-state index contributed by atoms with van der Waals surface area (Å²) in [4.78, 5) is 16.9. The van der Waals surface area contributed by atoms with Gasteiger partial charge in [0.2, 0.25) is 0 Å². The lowest BCUT2D eigenvalue weighted by Crippen LogP contribution is -2.55. The van der Waals surface area contributed by atoms with Crippen molar-refractivity contribution in [1.82, 2.24) is 9.80 Å². The Bertz CT molecular complexity index is 777. The number of carbonyl (C=O) groups excluding carboxylic acids is 1. The zero-order valence-corrected chi connectivity index (χ0v) is 18.0. The molecule has 2 amide bonds. The summed E-state index contributed by atoms with van der Waals surface area (Å²) in [5.74, 6) is 0.729. The molecule has 7 heteroatoms. The summed E-state index contributed by atoms with van der Waals surface area (Å²) in [6, 6.07) is 7.75. The van der Waals surface area contributed by atoms with Crippen LogP contribution in [0.3, 0.4) is 0 Å².